The number of fused-ring (bicyclic) bond motifs is 1. The Bertz CT molecular complexity index is 1030. The number of hydrogen-bond donors (Lipinski definition) is 2. The van der Waals surface area contributed by atoms with Gasteiger partial charge in [-0.25, -0.2) is 4.79 Å². The highest BCUT2D eigenvalue weighted by Crippen LogP contribution is 2.27. The van der Waals surface area contributed by atoms with E-state index in [-0.39, 0.29) is 12.5 Å². The molecule has 1 aromatic heterocycles. The minimum absolute atomic E-state index is 0.0804. The van der Waals surface area contributed by atoms with E-state index in [1.807, 2.05) is 0 Å². The summed E-state index contributed by atoms with van der Waals surface area (Å²) >= 11 is 5.97. The standard InChI is InChI=1S/C19H13ClN4O3/c20-14-4-3-13-10-24(16(25)15(13)8-14)11-19(17(26)22-18(27)23-19)6-5-12-2-1-7-21-9-12/h1-4,7-9H,10-11H2,(H2,22,23,26,27)/t19-/m1/s1. The van der Waals surface area contributed by atoms with Crippen LogP contribution in [-0.4, -0.2) is 39.8 Å². The minimum atomic E-state index is -1.53. The molecule has 2 aromatic rings. The number of carbonyl (C=O) groups is 3. The fourth-order valence-corrected chi connectivity index (χ4v) is 3.27. The van der Waals surface area contributed by atoms with Crippen molar-refractivity contribution in [3.63, 3.8) is 0 Å². The highest BCUT2D eigenvalue weighted by atomic mass is 35.5. The molecule has 1 saturated heterocycles. The van der Waals surface area contributed by atoms with Crippen molar-refractivity contribution in [2.24, 2.45) is 0 Å². The Morgan fingerprint density at radius 2 is 2.11 bits per heavy atom. The number of carbonyl (C=O) groups excluding carboxylic acids is 3. The number of rotatable bonds is 2. The summed E-state index contributed by atoms with van der Waals surface area (Å²) in [4.78, 5) is 42.4. The average molecular weight is 381 g/mol. The van der Waals surface area contributed by atoms with Gasteiger partial charge in [0.15, 0.2) is 0 Å². The van der Waals surface area contributed by atoms with Crippen molar-refractivity contribution in [2.45, 2.75) is 12.1 Å². The van der Waals surface area contributed by atoms with Gasteiger partial charge in [-0.15, -0.1) is 0 Å². The predicted molar refractivity (Wildman–Crippen MR) is 96.7 cm³/mol. The van der Waals surface area contributed by atoms with E-state index in [1.54, 1.807) is 42.7 Å². The molecule has 2 aliphatic rings. The first-order valence-electron chi connectivity index (χ1n) is 8.11. The van der Waals surface area contributed by atoms with Crippen LogP contribution in [0.4, 0.5) is 4.79 Å². The quantitative estimate of drug-likeness (QED) is 0.607. The maximum absolute atomic E-state index is 12.7. The molecule has 0 saturated carbocycles. The first-order valence-corrected chi connectivity index (χ1v) is 8.49. The van der Waals surface area contributed by atoms with E-state index in [9.17, 15) is 14.4 Å². The zero-order valence-corrected chi connectivity index (χ0v) is 14.7. The third-order valence-electron chi connectivity index (χ3n) is 4.40. The Morgan fingerprint density at radius 3 is 2.81 bits per heavy atom. The average Bonchev–Trinajstić information content (AvgIpc) is 3.11. The predicted octanol–water partition coefficient (Wildman–Crippen LogP) is 1.32. The Balaban J connectivity index is 1.66. The van der Waals surface area contributed by atoms with Gasteiger partial charge in [-0.3, -0.25) is 19.9 Å². The van der Waals surface area contributed by atoms with Crippen LogP contribution in [0.25, 0.3) is 0 Å². The van der Waals surface area contributed by atoms with Gasteiger partial charge >= 0.3 is 6.03 Å². The molecule has 0 aliphatic carbocycles. The smallest absolute Gasteiger partial charge is 0.323 e. The van der Waals surface area contributed by atoms with Crippen LogP contribution in [0.15, 0.2) is 42.7 Å². The lowest BCUT2D eigenvalue weighted by molar-refractivity contribution is -0.122. The number of hydrogen-bond acceptors (Lipinski definition) is 4. The molecule has 0 spiro atoms. The molecule has 3 heterocycles. The van der Waals surface area contributed by atoms with Crippen LogP contribution in [-0.2, 0) is 11.3 Å². The van der Waals surface area contributed by atoms with E-state index in [0.717, 1.165) is 5.56 Å². The summed E-state index contributed by atoms with van der Waals surface area (Å²) in [6.07, 6.45) is 3.16. The lowest BCUT2D eigenvalue weighted by Crippen LogP contribution is -2.54. The summed E-state index contributed by atoms with van der Waals surface area (Å²) in [6.45, 7) is 0.230. The van der Waals surface area contributed by atoms with Gasteiger partial charge in [-0.05, 0) is 29.8 Å². The van der Waals surface area contributed by atoms with Gasteiger partial charge in [0.2, 0.25) is 5.54 Å². The molecule has 4 amide bonds. The molecule has 134 valence electrons. The van der Waals surface area contributed by atoms with Crippen LogP contribution in [0, 0.1) is 11.8 Å². The van der Waals surface area contributed by atoms with Crippen molar-refractivity contribution >= 4 is 29.4 Å². The molecular formula is C19H13ClN4O3. The van der Waals surface area contributed by atoms with Crippen LogP contribution in [0.1, 0.15) is 21.5 Å². The molecule has 0 unspecified atom stereocenters. The summed E-state index contributed by atoms with van der Waals surface area (Å²) in [6, 6.07) is 7.89. The van der Waals surface area contributed by atoms with Gasteiger partial charge in [-0.2, -0.15) is 0 Å². The number of urea groups is 1. The summed E-state index contributed by atoms with van der Waals surface area (Å²) in [5.41, 5.74) is 0.356. The van der Waals surface area contributed by atoms with Crippen molar-refractivity contribution in [1.29, 1.82) is 0 Å². The second kappa shape index (κ2) is 6.41. The molecular weight excluding hydrogens is 368 g/mol. The minimum Gasteiger partial charge on any atom is -0.330 e. The third kappa shape index (κ3) is 3.11. The summed E-state index contributed by atoms with van der Waals surface area (Å²) in [5.74, 6) is 4.82. The van der Waals surface area contributed by atoms with E-state index in [0.29, 0.717) is 22.7 Å². The third-order valence-corrected chi connectivity index (χ3v) is 4.64. The number of amides is 4. The molecule has 1 fully saturated rings. The van der Waals surface area contributed by atoms with Crippen molar-refractivity contribution in [3.8, 4) is 11.8 Å². The normalized spacial score (nSPS) is 20.6. The van der Waals surface area contributed by atoms with Gasteiger partial charge < -0.3 is 10.2 Å². The molecule has 0 radical (unpaired) electrons. The highest BCUT2D eigenvalue weighted by molar-refractivity contribution is 6.31. The maximum Gasteiger partial charge on any atom is 0.323 e. The van der Waals surface area contributed by atoms with Gasteiger partial charge in [-0.1, -0.05) is 29.5 Å². The lowest BCUT2D eigenvalue weighted by Gasteiger charge is -2.26. The molecule has 1 atom stereocenters. The van der Waals surface area contributed by atoms with Crippen LogP contribution in [0.3, 0.4) is 0 Å². The molecule has 7 nitrogen and oxygen atoms in total. The molecule has 0 bridgehead atoms. The number of benzene rings is 1. The monoisotopic (exact) mass is 380 g/mol. The van der Waals surface area contributed by atoms with E-state index in [2.05, 4.69) is 27.5 Å². The van der Waals surface area contributed by atoms with Crippen molar-refractivity contribution in [1.82, 2.24) is 20.5 Å². The first-order chi connectivity index (χ1) is 13.0. The first kappa shape index (κ1) is 17.1. The van der Waals surface area contributed by atoms with E-state index >= 15 is 0 Å². The number of nitrogens with zero attached hydrogens (tertiary/aromatic N) is 2. The van der Waals surface area contributed by atoms with E-state index < -0.39 is 17.5 Å². The number of aromatic nitrogens is 1. The molecule has 4 rings (SSSR count). The maximum atomic E-state index is 12.7. The molecule has 2 N–H and O–H groups in total. The van der Waals surface area contributed by atoms with Crippen molar-refractivity contribution < 1.29 is 14.4 Å². The molecule has 2 aliphatic heterocycles. The summed E-state index contributed by atoms with van der Waals surface area (Å²) < 4.78 is 0. The Labute approximate surface area is 159 Å². The highest BCUT2D eigenvalue weighted by Gasteiger charge is 2.48. The van der Waals surface area contributed by atoms with Crippen LogP contribution < -0.4 is 10.6 Å². The van der Waals surface area contributed by atoms with Gasteiger partial charge in [0.05, 0.1) is 6.54 Å². The van der Waals surface area contributed by atoms with Crippen molar-refractivity contribution in [2.75, 3.05) is 6.54 Å². The lowest BCUT2D eigenvalue weighted by atomic mass is 9.99. The second-order valence-corrected chi connectivity index (χ2v) is 6.70. The fraction of sp³-hybridized carbons (Fsp3) is 0.158. The second-order valence-electron chi connectivity index (χ2n) is 6.27. The molecule has 8 heteroatoms. The molecule has 27 heavy (non-hydrogen) atoms. The zero-order chi connectivity index (χ0) is 19.0. The van der Waals surface area contributed by atoms with Crippen LogP contribution >= 0.6 is 11.6 Å². The number of halogens is 1. The van der Waals surface area contributed by atoms with Crippen LogP contribution in [0.5, 0.6) is 0 Å². The van der Waals surface area contributed by atoms with Crippen molar-refractivity contribution in [3.05, 3.63) is 64.4 Å². The fourth-order valence-electron chi connectivity index (χ4n) is 3.09. The topological polar surface area (TPSA) is 91.4 Å². The van der Waals surface area contributed by atoms with E-state index in [4.69, 9.17) is 11.6 Å². The largest absolute Gasteiger partial charge is 0.330 e. The zero-order valence-electron chi connectivity index (χ0n) is 14.0. The number of nitrogens with one attached hydrogen (secondary N) is 2. The van der Waals surface area contributed by atoms with Gasteiger partial charge in [0, 0.05) is 35.1 Å². The SMILES string of the molecule is O=C1NC(=O)[C@@](C#Cc2cccnc2)(CN2Cc3ccc(Cl)cc3C2=O)N1. The Hall–Kier alpha value is -3.37. The van der Waals surface area contributed by atoms with Gasteiger partial charge in [0.25, 0.3) is 11.8 Å². The summed E-state index contributed by atoms with van der Waals surface area (Å²) in [5, 5.41) is 5.22. The Morgan fingerprint density at radius 1 is 1.26 bits per heavy atom. The van der Waals surface area contributed by atoms with Crippen LogP contribution in [0.2, 0.25) is 5.02 Å². The number of pyridine rings is 1. The molecule has 1 aromatic carbocycles. The van der Waals surface area contributed by atoms with E-state index in [1.165, 1.54) is 4.90 Å². The number of imide groups is 1. The summed E-state index contributed by atoms with van der Waals surface area (Å²) in [7, 11) is 0. The van der Waals surface area contributed by atoms with Gasteiger partial charge in [0.1, 0.15) is 0 Å². The Kier molecular flexibility index (Phi) is 4.05.